The van der Waals surface area contributed by atoms with E-state index < -0.39 is 0 Å². The maximum Gasteiger partial charge on any atom is 0.267 e. The van der Waals surface area contributed by atoms with Gasteiger partial charge in [-0.1, -0.05) is 25.7 Å². The topological polar surface area (TPSA) is 44.9 Å². The van der Waals surface area contributed by atoms with Gasteiger partial charge in [0, 0.05) is 16.9 Å². The van der Waals surface area contributed by atoms with Crippen molar-refractivity contribution in [3.05, 3.63) is 35.8 Å². The van der Waals surface area contributed by atoms with Gasteiger partial charge in [-0.3, -0.25) is 4.79 Å². The third kappa shape index (κ3) is 2.84. The van der Waals surface area contributed by atoms with Crippen LogP contribution in [-0.4, -0.2) is 16.9 Å². The zero-order valence-corrected chi connectivity index (χ0v) is 11.4. The van der Waals surface area contributed by atoms with E-state index in [1.165, 1.54) is 37.8 Å². The molecule has 1 amide bonds. The zero-order chi connectivity index (χ0) is 13.9. The average Bonchev–Trinajstić information content (AvgIpc) is 2.68. The molecule has 1 saturated carbocycles. The van der Waals surface area contributed by atoms with Crippen LogP contribution in [0, 0.1) is 5.82 Å². The van der Waals surface area contributed by atoms with Crippen LogP contribution in [0.5, 0.6) is 0 Å². The highest BCUT2D eigenvalue weighted by atomic mass is 19.1. The van der Waals surface area contributed by atoms with Gasteiger partial charge in [-0.15, -0.1) is 0 Å². The third-order valence-electron chi connectivity index (χ3n) is 4.02. The first kappa shape index (κ1) is 13.2. The molecule has 0 aliphatic heterocycles. The number of H-pyrrole nitrogens is 1. The van der Waals surface area contributed by atoms with Crippen LogP contribution in [0.4, 0.5) is 4.39 Å². The molecule has 1 heterocycles. The molecule has 0 saturated heterocycles. The lowest BCUT2D eigenvalue weighted by Gasteiger charge is -2.15. The molecule has 20 heavy (non-hydrogen) atoms. The summed E-state index contributed by atoms with van der Waals surface area (Å²) in [7, 11) is 0. The smallest absolute Gasteiger partial charge is 0.267 e. The van der Waals surface area contributed by atoms with Crippen molar-refractivity contribution < 1.29 is 9.18 Å². The van der Waals surface area contributed by atoms with E-state index >= 15 is 0 Å². The average molecular weight is 274 g/mol. The summed E-state index contributed by atoms with van der Waals surface area (Å²) in [6.07, 6.45) is 7.00. The van der Waals surface area contributed by atoms with Crippen LogP contribution in [0.25, 0.3) is 10.9 Å². The van der Waals surface area contributed by atoms with Crippen LogP contribution in [0.1, 0.15) is 49.0 Å². The Morgan fingerprint density at radius 1 is 1.15 bits per heavy atom. The summed E-state index contributed by atoms with van der Waals surface area (Å²) < 4.78 is 13.2. The Hall–Kier alpha value is -1.84. The number of fused-ring (bicyclic) bond motifs is 1. The highest BCUT2D eigenvalue weighted by Gasteiger charge is 2.17. The van der Waals surface area contributed by atoms with Crippen LogP contribution in [0.2, 0.25) is 0 Å². The van der Waals surface area contributed by atoms with Crippen molar-refractivity contribution in [2.75, 3.05) is 0 Å². The van der Waals surface area contributed by atoms with Crippen molar-refractivity contribution in [1.29, 1.82) is 0 Å². The Bertz CT molecular complexity index is 612. The van der Waals surface area contributed by atoms with Gasteiger partial charge in [0.05, 0.1) is 0 Å². The molecule has 1 aliphatic rings. The highest BCUT2D eigenvalue weighted by Crippen LogP contribution is 2.19. The lowest BCUT2D eigenvalue weighted by Crippen LogP contribution is -2.34. The predicted octanol–water partition coefficient (Wildman–Crippen LogP) is 3.76. The van der Waals surface area contributed by atoms with Crippen molar-refractivity contribution in [2.45, 2.75) is 44.6 Å². The number of carbonyl (C=O) groups excluding carboxylic acids is 1. The Kier molecular flexibility index (Phi) is 3.72. The number of hydrogen-bond donors (Lipinski definition) is 2. The second-order valence-corrected chi connectivity index (χ2v) is 5.58. The minimum atomic E-state index is -0.285. The van der Waals surface area contributed by atoms with E-state index in [4.69, 9.17) is 0 Å². The van der Waals surface area contributed by atoms with E-state index in [-0.39, 0.29) is 17.8 Å². The number of aromatic nitrogens is 1. The summed E-state index contributed by atoms with van der Waals surface area (Å²) in [5, 5.41) is 3.82. The van der Waals surface area contributed by atoms with Gasteiger partial charge in [0.15, 0.2) is 0 Å². The molecule has 106 valence electrons. The molecule has 3 rings (SSSR count). The molecule has 0 atom stereocenters. The SMILES string of the molecule is O=C(NC1CCCCCC1)c1cc2cc(F)ccc2[nH]1. The minimum absolute atomic E-state index is 0.0893. The number of aromatic amines is 1. The zero-order valence-electron chi connectivity index (χ0n) is 11.4. The largest absolute Gasteiger partial charge is 0.351 e. The van der Waals surface area contributed by atoms with Gasteiger partial charge in [0.2, 0.25) is 0 Å². The number of hydrogen-bond acceptors (Lipinski definition) is 1. The van der Waals surface area contributed by atoms with Crippen molar-refractivity contribution in [3.63, 3.8) is 0 Å². The van der Waals surface area contributed by atoms with Gasteiger partial charge in [0.1, 0.15) is 11.5 Å². The highest BCUT2D eigenvalue weighted by molar-refractivity contribution is 5.98. The number of nitrogens with one attached hydrogen (secondary N) is 2. The lowest BCUT2D eigenvalue weighted by atomic mass is 10.1. The maximum absolute atomic E-state index is 13.2. The van der Waals surface area contributed by atoms with Crippen molar-refractivity contribution in [3.8, 4) is 0 Å². The van der Waals surface area contributed by atoms with Gasteiger partial charge < -0.3 is 10.3 Å². The third-order valence-corrected chi connectivity index (χ3v) is 4.02. The maximum atomic E-state index is 13.2. The normalized spacial score (nSPS) is 17.1. The summed E-state index contributed by atoms with van der Waals surface area (Å²) in [6.45, 7) is 0. The molecule has 1 aliphatic carbocycles. The molecule has 1 fully saturated rings. The molecular formula is C16H19FN2O. The molecule has 2 aromatic rings. The van der Waals surface area contributed by atoms with Crippen molar-refractivity contribution >= 4 is 16.8 Å². The Morgan fingerprint density at radius 2 is 1.90 bits per heavy atom. The molecule has 0 spiro atoms. The van der Waals surface area contributed by atoms with Gasteiger partial charge in [-0.05, 0) is 37.1 Å². The quantitative estimate of drug-likeness (QED) is 0.805. The van der Waals surface area contributed by atoms with Gasteiger partial charge in [0.25, 0.3) is 5.91 Å². The van der Waals surface area contributed by atoms with Crippen LogP contribution in [0.15, 0.2) is 24.3 Å². The fourth-order valence-electron chi connectivity index (χ4n) is 2.91. The van der Waals surface area contributed by atoms with E-state index in [2.05, 4.69) is 10.3 Å². The van der Waals surface area contributed by atoms with Crippen LogP contribution >= 0.6 is 0 Å². The molecule has 0 bridgehead atoms. The first-order valence-electron chi connectivity index (χ1n) is 7.31. The van der Waals surface area contributed by atoms with E-state index in [0.717, 1.165) is 23.7 Å². The molecule has 0 unspecified atom stereocenters. The van der Waals surface area contributed by atoms with Crippen LogP contribution in [0.3, 0.4) is 0 Å². The number of benzene rings is 1. The Morgan fingerprint density at radius 3 is 2.65 bits per heavy atom. The standard InChI is InChI=1S/C16H19FN2O/c17-12-7-8-14-11(9-12)10-15(19-14)16(20)18-13-5-3-1-2-4-6-13/h7-10,13,19H,1-6H2,(H,18,20). The molecular weight excluding hydrogens is 255 g/mol. The van der Waals surface area contributed by atoms with Crippen LogP contribution in [-0.2, 0) is 0 Å². The Balaban J connectivity index is 1.74. The summed E-state index contributed by atoms with van der Waals surface area (Å²) in [4.78, 5) is 15.3. The first-order valence-corrected chi connectivity index (χ1v) is 7.31. The summed E-state index contributed by atoms with van der Waals surface area (Å²) in [6, 6.07) is 6.48. The molecule has 1 aromatic heterocycles. The number of rotatable bonds is 2. The summed E-state index contributed by atoms with van der Waals surface area (Å²) in [5.74, 6) is -0.374. The predicted molar refractivity (Wildman–Crippen MR) is 77.2 cm³/mol. The summed E-state index contributed by atoms with van der Waals surface area (Å²) in [5.41, 5.74) is 1.30. The second-order valence-electron chi connectivity index (χ2n) is 5.58. The molecule has 2 N–H and O–H groups in total. The van der Waals surface area contributed by atoms with Crippen molar-refractivity contribution in [2.24, 2.45) is 0 Å². The number of halogens is 1. The van der Waals surface area contributed by atoms with E-state index in [1.807, 2.05) is 0 Å². The van der Waals surface area contributed by atoms with Gasteiger partial charge in [-0.2, -0.15) is 0 Å². The fraction of sp³-hybridized carbons (Fsp3) is 0.438. The minimum Gasteiger partial charge on any atom is -0.351 e. The number of amides is 1. The summed E-state index contributed by atoms with van der Waals surface area (Å²) >= 11 is 0. The van der Waals surface area contributed by atoms with E-state index in [9.17, 15) is 9.18 Å². The molecule has 0 radical (unpaired) electrons. The second kappa shape index (κ2) is 5.65. The Labute approximate surface area is 117 Å². The van der Waals surface area contributed by atoms with Gasteiger partial charge in [-0.25, -0.2) is 4.39 Å². The van der Waals surface area contributed by atoms with E-state index in [0.29, 0.717) is 5.69 Å². The monoisotopic (exact) mass is 274 g/mol. The van der Waals surface area contributed by atoms with Gasteiger partial charge >= 0.3 is 0 Å². The van der Waals surface area contributed by atoms with Crippen molar-refractivity contribution in [1.82, 2.24) is 10.3 Å². The number of carbonyl (C=O) groups is 1. The molecule has 1 aromatic carbocycles. The molecule has 4 heteroatoms. The first-order chi connectivity index (χ1) is 9.72. The fourth-order valence-corrected chi connectivity index (χ4v) is 2.91. The lowest BCUT2D eigenvalue weighted by molar-refractivity contribution is 0.0929. The molecule has 3 nitrogen and oxygen atoms in total. The van der Waals surface area contributed by atoms with E-state index in [1.54, 1.807) is 12.1 Å². The van der Waals surface area contributed by atoms with Crippen LogP contribution < -0.4 is 5.32 Å².